The molecule has 128 valence electrons. The number of ether oxygens (including phenoxy) is 1. The summed E-state index contributed by atoms with van der Waals surface area (Å²) in [6, 6.07) is 5.94. The van der Waals surface area contributed by atoms with E-state index in [0.717, 1.165) is 6.42 Å². The van der Waals surface area contributed by atoms with Gasteiger partial charge in [0.05, 0.1) is 0 Å². The minimum Gasteiger partial charge on any atom is -0.481 e. The van der Waals surface area contributed by atoms with Crippen molar-refractivity contribution in [1.82, 2.24) is 4.90 Å². The van der Waals surface area contributed by atoms with Gasteiger partial charge in [-0.25, -0.2) is 4.21 Å². The molecular weight excluding hydrogens is 328 g/mol. The lowest BCUT2D eigenvalue weighted by Crippen LogP contribution is -2.40. The molecule has 0 spiro atoms. The van der Waals surface area contributed by atoms with Crippen molar-refractivity contribution in [2.75, 3.05) is 25.7 Å². The van der Waals surface area contributed by atoms with Gasteiger partial charge >= 0.3 is 0 Å². The summed E-state index contributed by atoms with van der Waals surface area (Å²) in [6.07, 6.45) is 9.19. The van der Waals surface area contributed by atoms with Crippen molar-refractivity contribution in [1.29, 1.82) is 0 Å². The van der Waals surface area contributed by atoms with Gasteiger partial charge in [0.2, 0.25) is 0 Å². The number of likely N-dealkylation sites (tertiary alicyclic amines) is 1. The van der Waals surface area contributed by atoms with E-state index in [-0.39, 0.29) is 12.5 Å². The molecule has 1 aliphatic heterocycles. The molecule has 24 heavy (non-hydrogen) atoms. The predicted octanol–water partition coefficient (Wildman–Crippen LogP) is 1.56. The average Bonchev–Trinajstić information content (AvgIpc) is 3.01. The van der Waals surface area contributed by atoms with Crippen LogP contribution in [0.1, 0.15) is 23.2 Å². The van der Waals surface area contributed by atoms with Crippen LogP contribution in [0.25, 0.3) is 0 Å². The van der Waals surface area contributed by atoms with Crippen molar-refractivity contribution in [3.8, 4) is 18.1 Å². The quantitative estimate of drug-likeness (QED) is 0.774. The highest BCUT2D eigenvalue weighted by atomic mass is 32.2. The minimum atomic E-state index is -2.53. The Bertz CT molecular complexity index is 778. The Morgan fingerprint density at radius 2 is 2.04 bits per heavy atom. The Labute approximate surface area is 142 Å². The maximum absolute atomic E-state index is 12.6. The zero-order valence-electron chi connectivity index (χ0n) is 13.7. The number of carbonyl (C=O) groups excluding carboxylic acids is 2. The molecule has 2 rings (SSSR count). The van der Waals surface area contributed by atoms with Gasteiger partial charge < -0.3 is 9.64 Å². The highest BCUT2D eigenvalue weighted by Crippen LogP contribution is 2.22. The van der Waals surface area contributed by atoms with Crippen LogP contribution < -0.4 is 4.74 Å². The summed E-state index contributed by atoms with van der Waals surface area (Å²) in [5.41, 5.74) is 0.455. The fraction of sp³-hybridized carbons (Fsp3) is 0.412. The first kappa shape index (κ1) is 18.0. The zero-order chi connectivity index (χ0) is 17.7. The van der Waals surface area contributed by atoms with Gasteiger partial charge in [-0.2, -0.15) is 4.36 Å². The Balaban J connectivity index is 2.15. The smallest absolute Gasteiger partial charge is 0.276 e. The molecule has 0 radical (unpaired) electrons. The second-order valence-electron chi connectivity index (χ2n) is 5.78. The molecular formula is C17H20N2O4S. The molecule has 1 heterocycles. The number of rotatable bonds is 4. The van der Waals surface area contributed by atoms with Crippen LogP contribution >= 0.6 is 0 Å². The van der Waals surface area contributed by atoms with Crippen molar-refractivity contribution in [2.24, 2.45) is 4.36 Å². The molecule has 6 nitrogen and oxygen atoms in total. The maximum atomic E-state index is 12.6. The molecule has 1 atom stereocenters. The van der Waals surface area contributed by atoms with Crippen molar-refractivity contribution in [2.45, 2.75) is 18.9 Å². The third-order valence-corrected chi connectivity index (χ3v) is 4.15. The Morgan fingerprint density at radius 1 is 1.38 bits per heavy atom. The molecule has 0 aliphatic carbocycles. The lowest BCUT2D eigenvalue weighted by atomic mass is 10.1. The van der Waals surface area contributed by atoms with Gasteiger partial charge in [0.15, 0.2) is 0 Å². The maximum Gasteiger partial charge on any atom is 0.276 e. The van der Waals surface area contributed by atoms with E-state index in [1.807, 2.05) is 0 Å². The van der Waals surface area contributed by atoms with E-state index in [1.54, 1.807) is 24.3 Å². The van der Waals surface area contributed by atoms with Crippen LogP contribution in [0.4, 0.5) is 0 Å². The number of amides is 2. The zero-order valence-corrected chi connectivity index (χ0v) is 14.5. The first-order valence-electron chi connectivity index (χ1n) is 7.50. The lowest BCUT2D eigenvalue weighted by molar-refractivity contribution is -0.121. The highest BCUT2D eigenvalue weighted by Gasteiger charge is 2.34. The van der Waals surface area contributed by atoms with Crippen molar-refractivity contribution >= 4 is 21.5 Å². The van der Waals surface area contributed by atoms with Gasteiger partial charge in [0, 0.05) is 34.3 Å². The molecule has 1 fully saturated rings. The van der Waals surface area contributed by atoms with E-state index in [4.69, 9.17) is 11.2 Å². The molecule has 1 saturated heterocycles. The summed E-state index contributed by atoms with van der Waals surface area (Å²) < 4.78 is 20.7. The number of carbonyl (C=O) groups is 2. The van der Waals surface area contributed by atoms with Gasteiger partial charge in [-0.3, -0.25) is 9.59 Å². The van der Waals surface area contributed by atoms with E-state index >= 15 is 0 Å². The van der Waals surface area contributed by atoms with E-state index in [0.29, 0.717) is 24.3 Å². The molecule has 0 aromatic heterocycles. The fourth-order valence-electron chi connectivity index (χ4n) is 2.53. The molecule has 0 unspecified atom stereocenters. The van der Waals surface area contributed by atoms with E-state index in [9.17, 15) is 13.8 Å². The topological polar surface area (TPSA) is 76.0 Å². The third-order valence-electron chi connectivity index (χ3n) is 3.53. The SMILES string of the molecule is C#CCOc1ccc(C(=O)N2CCC[C@H]2C(=O)N=S(C)(C)=O)cc1. The molecule has 0 saturated carbocycles. The molecule has 1 aliphatic rings. The second kappa shape index (κ2) is 7.49. The Kier molecular flexibility index (Phi) is 5.62. The van der Waals surface area contributed by atoms with Crippen molar-refractivity contribution < 1.29 is 18.5 Å². The summed E-state index contributed by atoms with van der Waals surface area (Å²) in [5.74, 6) is 2.20. The average molecular weight is 348 g/mol. The van der Waals surface area contributed by atoms with Crippen LogP contribution in [-0.2, 0) is 14.5 Å². The van der Waals surface area contributed by atoms with Gasteiger partial charge in [-0.15, -0.1) is 6.42 Å². The molecule has 1 aromatic rings. The Morgan fingerprint density at radius 3 is 2.62 bits per heavy atom. The fourth-order valence-corrected chi connectivity index (χ4v) is 3.08. The standard InChI is InChI=1S/C17H20N2O4S/c1-4-12-23-14-9-7-13(8-10-14)17(21)19-11-5-6-15(19)16(20)18-24(2,3)22/h1,7-10,15H,5-6,11-12H2,2-3H3/t15-/m0/s1. The van der Waals surface area contributed by atoms with Crippen molar-refractivity contribution in [3.63, 3.8) is 0 Å². The monoisotopic (exact) mass is 348 g/mol. The predicted molar refractivity (Wildman–Crippen MR) is 92.3 cm³/mol. The molecule has 0 N–H and O–H groups in total. The highest BCUT2D eigenvalue weighted by molar-refractivity contribution is 7.92. The van der Waals surface area contributed by atoms with E-state index in [2.05, 4.69) is 10.3 Å². The van der Waals surface area contributed by atoms with E-state index in [1.165, 1.54) is 17.4 Å². The van der Waals surface area contributed by atoms with E-state index < -0.39 is 21.7 Å². The number of hydrogen-bond donors (Lipinski definition) is 0. The van der Waals surface area contributed by atoms with Gasteiger partial charge in [0.25, 0.3) is 11.8 Å². The number of terminal acetylenes is 1. The van der Waals surface area contributed by atoms with Crippen molar-refractivity contribution in [3.05, 3.63) is 29.8 Å². The van der Waals surface area contributed by atoms with Gasteiger partial charge in [-0.1, -0.05) is 5.92 Å². The summed E-state index contributed by atoms with van der Waals surface area (Å²) >= 11 is 0. The van der Waals surface area contributed by atoms with Gasteiger partial charge in [-0.05, 0) is 37.1 Å². The summed E-state index contributed by atoms with van der Waals surface area (Å²) in [6.45, 7) is 0.638. The third kappa shape index (κ3) is 4.59. The first-order valence-corrected chi connectivity index (χ1v) is 9.83. The molecule has 2 amide bonds. The number of hydrogen-bond acceptors (Lipinski definition) is 4. The largest absolute Gasteiger partial charge is 0.481 e. The van der Waals surface area contributed by atoms with Crippen LogP contribution in [0, 0.1) is 12.3 Å². The summed E-state index contributed by atoms with van der Waals surface area (Å²) in [5, 5.41) is 0. The van der Waals surface area contributed by atoms with Gasteiger partial charge in [0.1, 0.15) is 18.4 Å². The van der Waals surface area contributed by atoms with Crippen LogP contribution in [-0.4, -0.2) is 52.6 Å². The normalized spacial score (nSPS) is 17.2. The van der Waals surface area contributed by atoms with Crippen LogP contribution in [0.5, 0.6) is 5.75 Å². The number of nitrogens with zero attached hydrogens (tertiary/aromatic N) is 2. The molecule has 7 heteroatoms. The molecule has 0 bridgehead atoms. The first-order chi connectivity index (χ1) is 11.3. The van der Waals surface area contributed by atoms with Crippen LogP contribution in [0.2, 0.25) is 0 Å². The van der Waals surface area contributed by atoms with Crippen LogP contribution in [0.3, 0.4) is 0 Å². The molecule has 1 aromatic carbocycles. The lowest BCUT2D eigenvalue weighted by Gasteiger charge is -2.22. The summed E-state index contributed by atoms with van der Waals surface area (Å²) in [7, 11) is -2.53. The number of benzene rings is 1. The Hall–Kier alpha value is -2.33. The van der Waals surface area contributed by atoms with Crippen LogP contribution in [0.15, 0.2) is 28.6 Å². The second-order valence-corrected chi connectivity index (χ2v) is 8.33. The minimum absolute atomic E-state index is 0.158. The summed E-state index contributed by atoms with van der Waals surface area (Å²) in [4.78, 5) is 26.3.